The van der Waals surface area contributed by atoms with E-state index < -0.39 is 18.4 Å². The number of hydrogen-bond donors (Lipinski definition) is 1. The van der Waals surface area contributed by atoms with Crippen LogP contribution in [-0.2, 0) is 0 Å². The summed E-state index contributed by atoms with van der Waals surface area (Å²) in [5, 5.41) is 10.1. The molecule has 132 valence electrons. The second-order valence-electron chi connectivity index (χ2n) is 7.64. The van der Waals surface area contributed by atoms with Crippen LogP contribution < -0.4 is 0 Å². The normalized spacial score (nSPS) is 14.1. The van der Waals surface area contributed by atoms with Gasteiger partial charge in [-0.1, -0.05) is 0 Å². The summed E-state index contributed by atoms with van der Waals surface area (Å²) < 4.78 is 6.06. The fourth-order valence-corrected chi connectivity index (χ4v) is 18.5. The van der Waals surface area contributed by atoms with E-state index in [1.807, 2.05) is 0 Å². The molecule has 0 aliphatic heterocycles. The molecule has 0 rings (SSSR count). The Morgan fingerprint density at radius 2 is 1.32 bits per heavy atom. The molecular weight excluding hydrogens is 375 g/mol. The Labute approximate surface area is 144 Å². The number of aliphatic hydroxyl groups is 1. The Kier molecular flexibility index (Phi) is 14.2. The molecule has 1 unspecified atom stereocenters. The van der Waals surface area contributed by atoms with Crippen molar-refractivity contribution < 1.29 is 5.11 Å². The average molecular weight is 417 g/mol. The van der Waals surface area contributed by atoms with E-state index in [1.54, 1.807) is 13.3 Å². The van der Waals surface area contributed by atoms with Gasteiger partial charge in [-0.3, -0.25) is 0 Å². The van der Waals surface area contributed by atoms with Crippen LogP contribution in [-0.4, -0.2) is 29.6 Å². The van der Waals surface area contributed by atoms with Crippen LogP contribution in [0, 0.1) is 5.92 Å². The van der Waals surface area contributed by atoms with Crippen molar-refractivity contribution in [3.63, 3.8) is 0 Å². The maximum absolute atomic E-state index is 10.1. The number of aliphatic hydroxyl groups excluding tert-OH is 1. The van der Waals surface area contributed by atoms with Crippen molar-refractivity contribution in [2.45, 2.75) is 103 Å². The van der Waals surface area contributed by atoms with Crippen LogP contribution in [0.2, 0.25) is 17.7 Å². The molecule has 0 saturated heterocycles. The van der Waals surface area contributed by atoms with Gasteiger partial charge in [0.05, 0.1) is 0 Å². The molecule has 22 heavy (non-hydrogen) atoms. The van der Waals surface area contributed by atoms with Crippen LogP contribution >= 0.6 is 0 Å². The number of allylic oxidation sites excluding steroid dienone is 1. The average Bonchev–Trinajstić information content (AvgIpc) is 2.47. The number of rotatable bonds is 14. The fraction of sp³-hybridized carbons (Fsp3) is 0.900. The summed E-state index contributed by atoms with van der Waals surface area (Å²) in [6.45, 7) is 11.4. The molecule has 0 bridgehead atoms. The van der Waals surface area contributed by atoms with Crippen molar-refractivity contribution >= 4 is 18.4 Å². The Balaban J connectivity index is 4.73. The topological polar surface area (TPSA) is 20.2 Å². The summed E-state index contributed by atoms with van der Waals surface area (Å²) in [6.07, 6.45) is 13.5. The molecule has 0 saturated carbocycles. The molecule has 0 aromatic heterocycles. The molecule has 1 atom stereocenters. The summed E-state index contributed by atoms with van der Waals surface area (Å²) in [7, 11) is 0. The Hall–Kier alpha value is 0.499. The van der Waals surface area contributed by atoms with Crippen molar-refractivity contribution in [1.82, 2.24) is 0 Å². The Bertz CT molecular complexity index is 251. The van der Waals surface area contributed by atoms with Crippen LogP contribution in [0.15, 0.2) is 12.2 Å². The van der Waals surface area contributed by atoms with Crippen LogP contribution in [0.25, 0.3) is 0 Å². The summed E-state index contributed by atoms with van der Waals surface area (Å²) >= 11 is -2.01. The van der Waals surface area contributed by atoms with E-state index in [0.717, 1.165) is 6.42 Å². The van der Waals surface area contributed by atoms with Gasteiger partial charge in [-0.05, 0) is 0 Å². The summed E-state index contributed by atoms with van der Waals surface area (Å²) in [5.41, 5.74) is 0. The molecule has 0 aliphatic carbocycles. The van der Waals surface area contributed by atoms with Gasteiger partial charge in [-0.2, -0.15) is 0 Å². The van der Waals surface area contributed by atoms with Gasteiger partial charge in [0.2, 0.25) is 0 Å². The molecule has 0 aromatic rings. The first-order valence-corrected chi connectivity index (χ1v) is 17.9. The standard InChI is InChI=1S/C8H15O.3C4H9.Sn/c1-4-5-8(9)6-7(2)3;3*1-3-4-2;/h4-5,7-9H,1,6H2,2-3H3;3*1,3-4H2,2H3;/b5-4+;;;;. The van der Waals surface area contributed by atoms with Gasteiger partial charge in [0.1, 0.15) is 0 Å². The fourth-order valence-electron chi connectivity index (χ4n) is 3.37. The van der Waals surface area contributed by atoms with Crippen molar-refractivity contribution in [2.24, 2.45) is 5.92 Å². The molecular formula is C20H42OSn. The number of unbranched alkanes of at least 4 members (excludes halogenated alkanes) is 3. The molecule has 0 fully saturated rings. The van der Waals surface area contributed by atoms with Crippen LogP contribution in [0.5, 0.6) is 0 Å². The minimum atomic E-state index is -2.01. The van der Waals surface area contributed by atoms with Crippen LogP contribution in [0.1, 0.15) is 79.6 Å². The van der Waals surface area contributed by atoms with E-state index in [2.05, 4.69) is 46.8 Å². The van der Waals surface area contributed by atoms with Gasteiger partial charge in [0.25, 0.3) is 0 Å². The van der Waals surface area contributed by atoms with E-state index >= 15 is 0 Å². The quantitative estimate of drug-likeness (QED) is 0.244. The van der Waals surface area contributed by atoms with Gasteiger partial charge < -0.3 is 0 Å². The second-order valence-corrected chi connectivity index (χ2v) is 21.6. The van der Waals surface area contributed by atoms with Crippen LogP contribution in [0.4, 0.5) is 0 Å². The van der Waals surface area contributed by atoms with Gasteiger partial charge in [0.15, 0.2) is 0 Å². The first-order valence-electron chi connectivity index (χ1n) is 9.84. The van der Waals surface area contributed by atoms with Crippen molar-refractivity contribution in [3.05, 3.63) is 12.2 Å². The molecule has 1 N–H and O–H groups in total. The summed E-state index contributed by atoms with van der Waals surface area (Å²) in [6, 6.07) is 0. The van der Waals surface area contributed by atoms with Crippen molar-refractivity contribution in [1.29, 1.82) is 0 Å². The van der Waals surface area contributed by atoms with Gasteiger partial charge in [-0.15, -0.1) is 0 Å². The van der Waals surface area contributed by atoms with Gasteiger partial charge in [-0.25, -0.2) is 0 Å². The second kappa shape index (κ2) is 13.9. The van der Waals surface area contributed by atoms with E-state index in [4.69, 9.17) is 0 Å². The first-order chi connectivity index (χ1) is 10.5. The Morgan fingerprint density at radius 1 is 0.864 bits per heavy atom. The third-order valence-electron chi connectivity index (χ3n) is 4.80. The summed E-state index contributed by atoms with van der Waals surface area (Å²) in [5.74, 6) is 0.577. The molecule has 0 spiro atoms. The molecule has 0 radical (unpaired) electrons. The molecule has 0 aromatic carbocycles. The van der Waals surface area contributed by atoms with E-state index in [1.165, 1.54) is 43.0 Å². The van der Waals surface area contributed by atoms with E-state index in [9.17, 15) is 5.11 Å². The summed E-state index contributed by atoms with van der Waals surface area (Å²) in [4.78, 5) is 0. The van der Waals surface area contributed by atoms with E-state index in [0.29, 0.717) is 5.92 Å². The van der Waals surface area contributed by atoms with E-state index in [-0.39, 0.29) is 6.10 Å². The zero-order chi connectivity index (χ0) is 16.8. The van der Waals surface area contributed by atoms with Gasteiger partial charge in [0, 0.05) is 0 Å². The molecule has 0 aliphatic rings. The maximum atomic E-state index is 10.1. The SMILES string of the molecule is CCC[CH2][Sn]([CH2]/C=C/C(O)CC(C)C)([CH2]CCC)[CH2]CCC. The van der Waals surface area contributed by atoms with Crippen molar-refractivity contribution in [3.8, 4) is 0 Å². The van der Waals surface area contributed by atoms with Gasteiger partial charge >= 0.3 is 145 Å². The third-order valence-corrected chi connectivity index (χ3v) is 20.1. The predicted molar refractivity (Wildman–Crippen MR) is 104 cm³/mol. The van der Waals surface area contributed by atoms with Crippen LogP contribution in [0.3, 0.4) is 0 Å². The minimum absolute atomic E-state index is 0.229. The molecule has 0 heterocycles. The molecule has 0 amide bonds. The molecule has 1 nitrogen and oxygen atoms in total. The third kappa shape index (κ3) is 11.1. The monoisotopic (exact) mass is 418 g/mol. The van der Waals surface area contributed by atoms with Crippen molar-refractivity contribution in [2.75, 3.05) is 0 Å². The first kappa shape index (κ1) is 22.5. The Morgan fingerprint density at radius 3 is 1.68 bits per heavy atom. The predicted octanol–water partition coefficient (Wildman–Crippen LogP) is 6.80. The zero-order valence-corrected chi connectivity index (χ0v) is 18.9. The number of hydrogen-bond acceptors (Lipinski definition) is 1. The molecule has 2 heteroatoms. The zero-order valence-electron chi connectivity index (χ0n) is 16.0.